The lowest BCUT2D eigenvalue weighted by molar-refractivity contribution is 0.0932. The number of hydrogen-bond acceptors (Lipinski definition) is 4. The fourth-order valence-electron chi connectivity index (χ4n) is 4.10. The van der Waals surface area contributed by atoms with Gasteiger partial charge in [-0.3, -0.25) is 14.5 Å². The molecule has 0 saturated carbocycles. The number of nitrogens with one attached hydrogen (secondary N) is 1. The van der Waals surface area contributed by atoms with Crippen LogP contribution in [-0.4, -0.2) is 42.0 Å². The number of aryl methyl sites for hydroxylation is 1. The zero-order valence-electron chi connectivity index (χ0n) is 16.9. The van der Waals surface area contributed by atoms with Crippen LogP contribution in [0.15, 0.2) is 47.4 Å². The van der Waals surface area contributed by atoms with E-state index in [1.807, 2.05) is 18.2 Å². The monoisotopic (exact) mass is 408 g/mol. The van der Waals surface area contributed by atoms with E-state index >= 15 is 0 Å². The van der Waals surface area contributed by atoms with E-state index in [-0.39, 0.29) is 11.7 Å². The summed E-state index contributed by atoms with van der Waals surface area (Å²) < 4.78 is 0. The minimum atomic E-state index is -0.0499. The Morgan fingerprint density at radius 2 is 1.90 bits per heavy atom. The average molecular weight is 409 g/mol. The standard InChI is InChI=1S/C24H28N2O2S/c1-17-5-7-19(8-6-17)16-26-12-9-18(10-13-26)15-25-24(28)21-4-2-3-20-22(27)11-14-29-23(20)21/h2-8,18H,9-16H2,1H3,(H,25,28). The first-order chi connectivity index (χ1) is 14.1. The Balaban J connectivity index is 1.27. The molecule has 1 amide bonds. The van der Waals surface area contributed by atoms with Gasteiger partial charge in [-0.05, 0) is 50.4 Å². The first-order valence-corrected chi connectivity index (χ1v) is 11.4. The Labute approximate surface area is 177 Å². The van der Waals surface area contributed by atoms with Crippen molar-refractivity contribution in [3.05, 3.63) is 64.7 Å². The molecule has 5 heteroatoms. The summed E-state index contributed by atoms with van der Waals surface area (Å²) in [5.41, 5.74) is 4.02. The molecule has 2 aliphatic heterocycles. The van der Waals surface area contributed by atoms with E-state index in [0.29, 0.717) is 30.0 Å². The third kappa shape index (κ3) is 4.90. The van der Waals surface area contributed by atoms with E-state index in [1.54, 1.807) is 11.8 Å². The van der Waals surface area contributed by atoms with Gasteiger partial charge >= 0.3 is 0 Å². The van der Waals surface area contributed by atoms with Gasteiger partial charge in [0.2, 0.25) is 0 Å². The molecule has 0 radical (unpaired) electrons. The quantitative estimate of drug-likeness (QED) is 0.801. The van der Waals surface area contributed by atoms with Crippen molar-refractivity contribution in [2.24, 2.45) is 5.92 Å². The molecule has 0 bridgehead atoms. The number of rotatable bonds is 5. The number of carbonyl (C=O) groups excluding carboxylic acids is 2. The number of amides is 1. The second-order valence-corrected chi connectivity index (χ2v) is 9.22. The summed E-state index contributed by atoms with van der Waals surface area (Å²) in [4.78, 5) is 28.2. The lowest BCUT2D eigenvalue weighted by Gasteiger charge is -2.32. The molecule has 0 aliphatic carbocycles. The molecule has 0 unspecified atom stereocenters. The zero-order chi connectivity index (χ0) is 20.2. The normalized spacial score (nSPS) is 17.8. The first kappa shape index (κ1) is 20.2. The summed E-state index contributed by atoms with van der Waals surface area (Å²) in [7, 11) is 0. The Morgan fingerprint density at radius 3 is 2.66 bits per heavy atom. The second-order valence-electron chi connectivity index (χ2n) is 8.12. The third-order valence-electron chi connectivity index (χ3n) is 5.92. The Morgan fingerprint density at radius 1 is 1.14 bits per heavy atom. The molecule has 0 spiro atoms. The van der Waals surface area contributed by atoms with E-state index in [2.05, 4.69) is 41.4 Å². The molecule has 152 valence electrons. The first-order valence-electron chi connectivity index (χ1n) is 10.5. The summed E-state index contributed by atoms with van der Waals surface area (Å²) in [6.07, 6.45) is 2.77. The van der Waals surface area contributed by atoms with Crippen LogP contribution in [0.3, 0.4) is 0 Å². The number of likely N-dealkylation sites (tertiary alicyclic amines) is 1. The van der Waals surface area contributed by atoms with Gasteiger partial charge in [0.15, 0.2) is 5.78 Å². The number of benzene rings is 2. The molecule has 2 aromatic carbocycles. The van der Waals surface area contributed by atoms with Gasteiger partial charge in [0.05, 0.1) is 5.56 Å². The van der Waals surface area contributed by atoms with Gasteiger partial charge in [0.1, 0.15) is 0 Å². The maximum absolute atomic E-state index is 12.8. The topological polar surface area (TPSA) is 49.4 Å². The Hall–Kier alpha value is -2.11. The van der Waals surface area contributed by atoms with Crippen LogP contribution in [0.4, 0.5) is 0 Å². The molecule has 1 fully saturated rings. The van der Waals surface area contributed by atoms with E-state index in [9.17, 15) is 9.59 Å². The lowest BCUT2D eigenvalue weighted by Crippen LogP contribution is -2.38. The second kappa shape index (κ2) is 9.14. The zero-order valence-corrected chi connectivity index (χ0v) is 17.8. The van der Waals surface area contributed by atoms with Gasteiger partial charge < -0.3 is 5.32 Å². The maximum Gasteiger partial charge on any atom is 0.252 e. The number of piperidine rings is 1. The summed E-state index contributed by atoms with van der Waals surface area (Å²) in [5.74, 6) is 1.37. The third-order valence-corrected chi connectivity index (χ3v) is 7.06. The summed E-state index contributed by atoms with van der Waals surface area (Å²) in [5, 5.41) is 3.12. The lowest BCUT2D eigenvalue weighted by atomic mass is 9.96. The van der Waals surface area contributed by atoms with Crippen molar-refractivity contribution < 1.29 is 9.59 Å². The molecule has 4 rings (SSSR count). The van der Waals surface area contributed by atoms with Gasteiger partial charge in [-0.25, -0.2) is 0 Å². The summed E-state index contributed by atoms with van der Waals surface area (Å²) in [6.45, 7) is 5.96. The predicted molar refractivity (Wildman–Crippen MR) is 118 cm³/mol. The minimum Gasteiger partial charge on any atom is -0.352 e. The largest absolute Gasteiger partial charge is 0.352 e. The fraction of sp³-hybridized carbons (Fsp3) is 0.417. The number of thioether (sulfide) groups is 1. The van der Waals surface area contributed by atoms with E-state index in [1.165, 1.54) is 11.1 Å². The maximum atomic E-state index is 12.8. The van der Waals surface area contributed by atoms with Crippen molar-refractivity contribution in [2.45, 2.75) is 37.6 Å². The van der Waals surface area contributed by atoms with Gasteiger partial charge in [0, 0.05) is 35.7 Å². The molecule has 29 heavy (non-hydrogen) atoms. The highest BCUT2D eigenvalue weighted by Gasteiger charge is 2.24. The molecule has 1 saturated heterocycles. The number of ketones is 1. The number of carbonyl (C=O) groups is 2. The molecule has 4 nitrogen and oxygen atoms in total. The number of nitrogens with zero attached hydrogens (tertiary/aromatic N) is 1. The molecule has 1 N–H and O–H groups in total. The van der Waals surface area contributed by atoms with Crippen LogP contribution < -0.4 is 5.32 Å². The molecule has 0 atom stereocenters. The number of hydrogen-bond donors (Lipinski definition) is 1. The van der Waals surface area contributed by atoms with Gasteiger partial charge in [-0.1, -0.05) is 42.0 Å². The van der Waals surface area contributed by atoms with Crippen molar-refractivity contribution in [2.75, 3.05) is 25.4 Å². The molecule has 2 aliphatic rings. The van der Waals surface area contributed by atoms with Gasteiger partial charge in [-0.2, -0.15) is 0 Å². The van der Waals surface area contributed by atoms with Gasteiger partial charge in [0.25, 0.3) is 5.91 Å². The minimum absolute atomic E-state index is 0.0499. The van der Waals surface area contributed by atoms with Crippen LogP contribution in [-0.2, 0) is 6.54 Å². The van der Waals surface area contributed by atoms with Crippen molar-refractivity contribution in [3.63, 3.8) is 0 Å². The molecular formula is C24H28N2O2S. The smallest absolute Gasteiger partial charge is 0.252 e. The van der Waals surface area contributed by atoms with Crippen LogP contribution in [0.1, 0.15) is 51.1 Å². The number of Topliss-reactive ketones (excluding diaryl/α,β-unsaturated/α-hetero) is 1. The van der Waals surface area contributed by atoms with E-state index < -0.39 is 0 Å². The van der Waals surface area contributed by atoms with Crippen molar-refractivity contribution in [1.82, 2.24) is 10.2 Å². The molecule has 2 heterocycles. The Bertz CT molecular complexity index is 886. The molecular weight excluding hydrogens is 380 g/mol. The highest BCUT2D eigenvalue weighted by molar-refractivity contribution is 7.99. The molecule has 2 aromatic rings. The van der Waals surface area contributed by atoms with Crippen molar-refractivity contribution >= 4 is 23.5 Å². The van der Waals surface area contributed by atoms with E-state index in [0.717, 1.165) is 43.1 Å². The SMILES string of the molecule is Cc1ccc(CN2CCC(CNC(=O)c3cccc4c3SCCC4=O)CC2)cc1. The summed E-state index contributed by atoms with van der Waals surface area (Å²) >= 11 is 1.62. The summed E-state index contributed by atoms with van der Waals surface area (Å²) in [6, 6.07) is 14.3. The van der Waals surface area contributed by atoms with Crippen LogP contribution in [0.25, 0.3) is 0 Å². The van der Waals surface area contributed by atoms with Crippen LogP contribution >= 0.6 is 11.8 Å². The fourth-order valence-corrected chi connectivity index (χ4v) is 5.25. The highest BCUT2D eigenvalue weighted by Crippen LogP contribution is 2.33. The van der Waals surface area contributed by atoms with Gasteiger partial charge in [-0.15, -0.1) is 11.8 Å². The Kier molecular flexibility index (Phi) is 6.36. The van der Waals surface area contributed by atoms with Crippen molar-refractivity contribution in [3.8, 4) is 0 Å². The van der Waals surface area contributed by atoms with E-state index in [4.69, 9.17) is 0 Å². The van der Waals surface area contributed by atoms with Crippen LogP contribution in [0.5, 0.6) is 0 Å². The molecule has 0 aromatic heterocycles. The highest BCUT2D eigenvalue weighted by atomic mass is 32.2. The average Bonchev–Trinajstić information content (AvgIpc) is 2.75. The predicted octanol–water partition coefficient (Wildman–Crippen LogP) is 4.32. The van der Waals surface area contributed by atoms with Crippen LogP contribution in [0, 0.1) is 12.8 Å². The number of fused-ring (bicyclic) bond motifs is 1. The van der Waals surface area contributed by atoms with Crippen LogP contribution in [0.2, 0.25) is 0 Å². The van der Waals surface area contributed by atoms with Crippen molar-refractivity contribution in [1.29, 1.82) is 0 Å².